The topological polar surface area (TPSA) is 62.8 Å². The van der Waals surface area contributed by atoms with Crippen LogP contribution in [-0.4, -0.2) is 57.8 Å². The number of benzene rings is 1. The first-order valence-electron chi connectivity index (χ1n) is 9.63. The van der Waals surface area contributed by atoms with Gasteiger partial charge in [-0.25, -0.2) is 0 Å². The lowest BCUT2D eigenvalue weighted by Crippen LogP contribution is -2.37. The van der Waals surface area contributed by atoms with Gasteiger partial charge in [0.2, 0.25) is 5.91 Å². The fourth-order valence-electron chi connectivity index (χ4n) is 3.87. The predicted molar refractivity (Wildman–Crippen MR) is 116 cm³/mol. The number of amides is 1. The first kappa shape index (κ1) is 24.8. The van der Waals surface area contributed by atoms with Gasteiger partial charge in [-0.1, -0.05) is 0 Å². The molecule has 1 amide bonds. The molecule has 1 saturated heterocycles. The molecule has 1 aromatic carbocycles. The van der Waals surface area contributed by atoms with Crippen LogP contribution in [0, 0.1) is 5.92 Å². The van der Waals surface area contributed by atoms with Crippen LogP contribution >= 0.6 is 24.8 Å². The second kappa shape index (κ2) is 12.4. The highest BCUT2D eigenvalue weighted by Crippen LogP contribution is 2.33. The number of carbonyl (C=O) groups is 1. The Balaban J connectivity index is 0.00000196. The highest BCUT2D eigenvalue weighted by molar-refractivity contribution is 5.85. The molecule has 8 heteroatoms. The van der Waals surface area contributed by atoms with Crippen LogP contribution in [0.5, 0.6) is 11.5 Å². The Bertz CT molecular complexity index is 625. The van der Waals surface area contributed by atoms with Gasteiger partial charge in [0.15, 0.2) is 11.5 Å². The van der Waals surface area contributed by atoms with E-state index in [1.165, 1.54) is 17.5 Å². The summed E-state index contributed by atoms with van der Waals surface area (Å²) in [7, 11) is 3.34. The minimum absolute atomic E-state index is 0. The van der Waals surface area contributed by atoms with Crippen molar-refractivity contribution in [1.82, 2.24) is 15.5 Å². The molecule has 0 spiro atoms. The summed E-state index contributed by atoms with van der Waals surface area (Å²) in [6, 6.07) is 4.17. The molecular formula is C20H33Cl2N3O3. The molecule has 1 aromatic rings. The Labute approximate surface area is 180 Å². The highest BCUT2D eigenvalue weighted by Gasteiger charge is 2.20. The summed E-state index contributed by atoms with van der Waals surface area (Å²) in [6.07, 6.45) is 3.84. The molecule has 0 bridgehead atoms. The van der Waals surface area contributed by atoms with Crippen molar-refractivity contribution in [3.05, 3.63) is 23.3 Å². The van der Waals surface area contributed by atoms with Crippen molar-refractivity contribution in [2.75, 3.05) is 46.9 Å². The minimum Gasteiger partial charge on any atom is -0.493 e. The van der Waals surface area contributed by atoms with Crippen LogP contribution in [0.2, 0.25) is 0 Å². The van der Waals surface area contributed by atoms with Crippen LogP contribution < -0.4 is 20.1 Å². The first-order chi connectivity index (χ1) is 12.7. The molecule has 2 heterocycles. The number of ether oxygens (including phenoxy) is 2. The van der Waals surface area contributed by atoms with Gasteiger partial charge >= 0.3 is 0 Å². The number of hydrogen-bond acceptors (Lipinski definition) is 5. The average molecular weight is 434 g/mol. The number of nitrogens with zero attached hydrogens (tertiary/aromatic N) is 1. The largest absolute Gasteiger partial charge is 0.493 e. The van der Waals surface area contributed by atoms with Gasteiger partial charge in [-0.2, -0.15) is 0 Å². The zero-order chi connectivity index (χ0) is 18.4. The van der Waals surface area contributed by atoms with Gasteiger partial charge in [0, 0.05) is 32.6 Å². The van der Waals surface area contributed by atoms with Gasteiger partial charge < -0.3 is 20.1 Å². The van der Waals surface area contributed by atoms with E-state index in [0.29, 0.717) is 18.9 Å². The fourth-order valence-corrected chi connectivity index (χ4v) is 3.87. The highest BCUT2D eigenvalue weighted by atomic mass is 35.5. The van der Waals surface area contributed by atoms with E-state index in [9.17, 15) is 4.79 Å². The lowest BCUT2D eigenvalue weighted by atomic mass is 9.99. The third kappa shape index (κ3) is 6.69. The maximum Gasteiger partial charge on any atom is 0.220 e. The third-order valence-corrected chi connectivity index (χ3v) is 5.49. The van der Waals surface area contributed by atoms with E-state index in [0.717, 1.165) is 57.1 Å². The molecule has 1 fully saturated rings. The van der Waals surface area contributed by atoms with E-state index in [1.807, 2.05) is 0 Å². The number of hydrogen-bond donors (Lipinski definition) is 2. The van der Waals surface area contributed by atoms with E-state index in [1.54, 1.807) is 14.2 Å². The zero-order valence-electron chi connectivity index (χ0n) is 16.8. The quantitative estimate of drug-likeness (QED) is 0.658. The third-order valence-electron chi connectivity index (χ3n) is 5.49. The summed E-state index contributed by atoms with van der Waals surface area (Å²) in [5.41, 5.74) is 2.61. The Morgan fingerprint density at radius 1 is 1.21 bits per heavy atom. The molecule has 0 aliphatic carbocycles. The van der Waals surface area contributed by atoms with E-state index in [2.05, 4.69) is 27.7 Å². The second-order valence-corrected chi connectivity index (χ2v) is 7.25. The van der Waals surface area contributed by atoms with E-state index >= 15 is 0 Å². The smallest absolute Gasteiger partial charge is 0.220 e. The second-order valence-electron chi connectivity index (χ2n) is 7.25. The number of nitrogens with one attached hydrogen (secondary N) is 2. The lowest BCUT2D eigenvalue weighted by molar-refractivity contribution is -0.121. The molecule has 0 radical (unpaired) electrons. The molecule has 0 saturated carbocycles. The summed E-state index contributed by atoms with van der Waals surface area (Å²) >= 11 is 0. The molecule has 2 N–H and O–H groups in total. The summed E-state index contributed by atoms with van der Waals surface area (Å²) in [4.78, 5) is 14.4. The van der Waals surface area contributed by atoms with Crippen molar-refractivity contribution in [1.29, 1.82) is 0 Å². The molecule has 2 aliphatic heterocycles. The number of rotatable bonds is 8. The Morgan fingerprint density at radius 3 is 2.57 bits per heavy atom. The van der Waals surface area contributed by atoms with Crippen LogP contribution in [0.4, 0.5) is 0 Å². The van der Waals surface area contributed by atoms with Crippen LogP contribution in [0.15, 0.2) is 12.1 Å². The Morgan fingerprint density at radius 2 is 1.93 bits per heavy atom. The van der Waals surface area contributed by atoms with Crippen LogP contribution in [0.1, 0.15) is 30.4 Å². The van der Waals surface area contributed by atoms with Gasteiger partial charge in [-0.05, 0) is 61.5 Å². The van der Waals surface area contributed by atoms with Crippen LogP contribution in [-0.2, 0) is 17.8 Å². The molecule has 0 aromatic heterocycles. The van der Waals surface area contributed by atoms with Gasteiger partial charge in [0.05, 0.1) is 14.2 Å². The maximum atomic E-state index is 12.0. The lowest BCUT2D eigenvalue weighted by Gasteiger charge is -2.29. The first-order valence-corrected chi connectivity index (χ1v) is 9.63. The number of fused-ring (bicyclic) bond motifs is 1. The van der Waals surface area contributed by atoms with Crippen molar-refractivity contribution in [2.45, 2.75) is 32.2 Å². The van der Waals surface area contributed by atoms with Crippen molar-refractivity contribution in [2.24, 2.45) is 5.92 Å². The molecule has 1 unspecified atom stereocenters. The predicted octanol–water partition coefficient (Wildman–Crippen LogP) is 2.41. The van der Waals surface area contributed by atoms with Crippen molar-refractivity contribution in [3.63, 3.8) is 0 Å². The molecular weight excluding hydrogens is 401 g/mol. The van der Waals surface area contributed by atoms with Gasteiger partial charge in [0.25, 0.3) is 0 Å². The monoisotopic (exact) mass is 433 g/mol. The standard InChI is InChI=1S/C20H31N3O3.2ClH/c1-25-18-11-16-6-9-23(14-17(16)12-19(18)26-2)10-8-22-20(24)4-3-15-5-7-21-13-15;;/h11-12,15,21H,3-10,13-14H2,1-2H3,(H,22,24);2*1H. The summed E-state index contributed by atoms with van der Waals surface area (Å²) in [6.45, 7) is 5.65. The summed E-state index contributed by atoms with van der Waals surface area (Å²) in [5.74, 6) is 2.43. The van der Waals surface area contributed by atoms with E-state index in [4.69, 9.17) is 9.47 Å². The minimum atomic E-state index is 0. The SMILES string of the molecule is COc1cc2c(cc1OC)CN(CCNC(=O)CCC1CCNC1)CC2.Cl.Cl. The molecule has 1 atom stereocenters. The Kier molecular flexibility index (Phi) is 11.0. The van der Waals surface area contributed by atoms with Gasteiger partial charge in [0.1, 0.15) is 0 Å². The number of carbonyl (C=O) groups excluding carboxylic acids is 1. The number of halogens is 2. The molecule has 160 valence electrons. The number of methoxy groups -OCH3 is 2. The maximum absolute atomic E-state index is 12.0. The van der Waals surface area contributed by atoms with Gasteiger partial charge in [-0.3, -0.25) is 9.69 Å². The molecule has 3 rings (SSSR count). The van der Waals surface area contributed by atoms with Crippen molar-refractivity contribution < 1.29 is 14.3 Å². The van der Waals surface area contributed by atoms with Crippen molar-refractivity contribution >= 4 is 30.7 Å². The Hall–Kier alpha value is -1.21. The summed E-state index contributed by atoms with van der Waals surface area (Å²) < 4.78 is 10.8. The zero-order valence-corrected chi connectivity index (χ0v) is 18.4. The molecule has 28 heavy (non-hydrogen) atoms. The van der Waals surface area contributed by atoms with E-state index < -0.39 is 0 Å². The van der Waals surface area contributed by atoms with E-state index in [-0.39, 0.29) is 30.7 Å². The average Bonchev–Trinajstić information content (AvgIpc) is 3.18. The fraction of sp³-hybridized carbons (Fsp3) is 0.650. The normalized spacial score (nSPS) is 18.4. The van der Waals surface area contributed by atoms with Crippen LogP contribution in [0.3, 0.4) is 0 Å². The molecule has 6 nitrogen and oxygen atoms in total. The van der Waals surface area contributed by atoms with Crippen molar-refractivity contribution in [3.8, 4) is 11.5 Å². The van der Waals surface area contributed by atoms with Gasteiger partial charge in [-0.15, -0.1) is 24.8 Å². The molecule has 2 aliphatic rings. The van der Waals surface area contributed by atoms with Crippen LogP contribution in [0.25, 0.3) is 0 Å². The summed E-state index contributed by atoms with van der Waals surface area (Å²) in [5, 5.41) is 6.42.